The molecule has 9 heteroatoms. The van der Waals surface area contributed by atoms with Gasteiger partial charge in [0.2, 0.25) is 12.7 Å². The fourth-order valence-corrected chi connectivity index (χ4v) is 5.84. The molecule has 4 aromatic rings. The quantitative estimate of drug-likeness (QED) is 0.271. The molecular weight excluding hydrogens is 508 g/mol. The highest BCUT2D eigenvalue weighted by atomic mass is 32.2. The summed E-state index contributed by atoms with van der Waals surface area (Å²) in [7, 11) is -3.70. The van der Waals surface area contributed by atoms with Crippen molar-refractivity contribution in [1.82, 2.24) is 0 Å². The van der Waals surface area contributed by atoms with E-state index >= 15 is 0 Å². The molecule has 1 heterocycles. The Hall–Kier alpha value is -3.95. The van der Waals surface area contributed by atoms with Gasteiger partial charge < -0.3 is 14.8 Å². The van der Waals surface area contributed by atoms with E-state index < -0.39 is 15.3 Å². The zero-order valence-corrected chi connectivity index (χ0v) is 21.5. The summed E-state index contributed by atoms with van der Waals surface area (Å²) in [6.45, 7) is 2.06. The summed E-state index contributed by atoms with van der Waals surface area (Å²) >= 11 is 1.37. The Bertz CT molecular complexity index is 1510. The Morgan fingerprint density at radius 2 is 1.51 bits per heavy atom. The zero-order chi connectivity index (χ0) is 25.8. The lowest BCUT2D eigenvalue weighted by atomic mass is 10.1. The maximum absolute atomic E-state index is 13.4. The van der Waals surface area contributed by atoms with E-state index in [9.17, 15) is 13.2 Å². The average Bonchev–Trinajstić information content (AvgIpc) is 3.37. The van der Waals surface area contributed by atoms with Crippen LogP contribution in [0.25, 0.3) is 0 Å². The lowest BCUT2D eigenvalue weighted by Crippen LogP contribution is -2.19. The van der Waals surface area contributed by atoms with Crippen molar-refractivity contribution in [3.63, 3.8) is 0 Å². The molecule has 0 fully saturated rings. The summed E-state index contributed by atoms with van der Waals surface area (Å²) in [5, 5.41) is 2.43. The molecule has 7 nitrogen and oxygen atoms in total. The topological polar surface area (TPSA) is 93.7 Å². The molecule has 37 heavy (non-hydrogen) atoms. The van der Waals surface area contributed by atoms with Crippen molar-refractivity contribution >= 4 is 39.1 Å². The summed E-state index contributed by atoms with van der Waals surface area (Å²) in [5.74, 6) is 1.04. The summed E-state index contributed by atoms with van der Waals surface area (Å²) in [6.07, 6.45) is 0. The van der Waals surface area contributed by atoms with Crippen LogP contribution in [0.3, 0.4) is 0 Å². The molecule has 0 saturated heterocycles. The van der Waals surface area contributed by atoms with Crippen LogP contribution < -0.4 is 19.5 Å². The number of hydrogen-bond donors (Lipinski definition) is 2. The van der Waals surface area contributed by atoms with E-state index in [1.807, 2.05) is 37.3 Å². The van der Waals surface area contributed by atoms with Gasteiger partial charge in [0.25, 0.3) is 10.0 Å². The third-order valence-electron chi connectivity index (χ3n) is 5.67. The predicted molar refractivity (Wildman–Crippen MR) is 145 cm³/mol. The molecule has 0 saturated carbocycles. The van der Waals surface area contributed by atoms with E-state index in [4.69, 9.17) is 9.47 Å². The number of carbonyl (C=O) groups excluding carboxylic acids is 1. The van der Waals surface area contributed by atoms with Crippen LogP contribution in [0.1, 0.15) is 16.4 Å². The van der Waals surface area contributed by atoms with Gasteiger partial charge in [0.1, 0.15) is 5.25 Å². The van der Waals surface area contributed by atoms with Crippen LogP contribution in [-0.4, -0.2) is 21.1 Å². The van der Waals surface area contributed by atoms with E-state index in [2.05, 4.69) is 10.0 Å². The van der Waals surface area contributed by atoms with Gasteiger partial charge in [-0.05, 0) is 61.0 Å². The minimum Gasteiger partial charge on any atom is -0.454 e. The zero-order valence-electron chi connectivity index (χ0n) is 19.9. The van der Waals surface area contributed by atoms with Gasteiger partial charge in [0.15, 0.2) is 11.5 Å². The van der Waals surface area contributed by atoms with Crippen molar-refractivity contribution in [2.75, 3.05) is 16.8 Å². The molecule has 1 aliphatic rings. The number of ether oxygens (including phenoxy) is 2. The smallest absolute Gasteiger partial charge is 0.261 e. The number of benzene rings is 4. The second-order valence-corrected chi connectivity index (χ2v) is 11.3. The van der Waals surface area contributed by atoms with Gasteiger partial charge in [-0.2, -0.15) is 0 Å². The number of rotatable bonds is 8. The van der Waals surface area contributed by atoms with E-state index in [0.29, 0.717) is 22.9 Å². The Morgan fingerprint density at radius 1 is 0.838 bits per heavy atom. The number of anilines is 2. The summed E-state index contributed by atoms with van der Waals surface area (Å²) in [6, 6.07) is 28.4. The van der Waals surface area contributed by atoms with E-state index in [1.165, 1.54) is 11.8 Å². The second-order valence-electron chi connectivity index (χ2n) is 8.41. The van der Waals surface area contributed by atoms with Crippen LogP contribution in [0.15, 0.2) is 107 Å². The van der Waals surface area contributed by atoms with E-state index in [0.717, 1.165) is 16.0 Å². The van der Waals surface area contributed by atoms with Gasteiger partial charge in [0, 0.05) is 22.3 Å². The predicted octanol–water partition coefficient (Wildman–Crippen LogP) is 6.00. The monoisotopic (exact) mass is 532 g/mol. The van der Waals surface area contributed by atoms with Gasteiger partial charge in [0.05, 0.1) is 4.90 Å². The minimum atomic E-state index is -3.70. The van der Waals surface area contributed by atoms with Crippen molar-refractivity contribution in [3.8, 4) is 11.5 Å². The number of thioether (sulfide) groups is 1. The normalized spacial score (nSPS) is 13.1. The minimum absolute atomic E-state index is 0.159. The highest BCUT2D eigenvalue weighted by molar-refractivity contribution is 8.00. The standard InChI is InChI=1S/C28H24N2O5S2/c1-19-7-14-24(15-8-19)37(32,33)30-21-9-12-23(13-10-21)36-27(20-5-3-2-4-6-20)28(31)29-22-11-16-25-26(17-22)35-18-34-25/h2-17,27,30H,18H2,1H3,(H,29,31). The Kier molecular flexibility index (Phi) is 7.07. The highest BCUT2D eigenvalue weighted by Gasteiger charge is 2.23. The molecule has 1 amide bonds. The number of sulfonamides is 1. The molecule has 188 valence electrons. The summed E-state index contributed by atoms with van der Waals surface area (Å²) in [4.78, 5) is 14.4. The SMILES string of the molecule is Cc1ccc(S(=O)(=O)Nc2ccc(SC(C(=O)Nc3ccc4c(c3)OCO4)c3ccccc3)cc2)cc1. The van der Waals surface area contributed by atoms with Crippen LogP contribution in [0, 0.1) is 6.92 Å². The maximum Gasteiger partial charge on any atom is 0.261 e. The molecule has 0 bridgehead atoms. The Morgan fingerprint density at radius 3 is 2.24 bits per heavy atom. The van der Waals surface area contributed by atoms with Gasteiger partial charge in [-0.15, -0.1) is 11.8 Å². The van der Waals surface area contributed by atoms with Gasteiger partial charge in [-0.25, -0.2) is 8.42 Å². The number of fused-ring (bicyclic) bond motifs is 1. The van der Waals surface area contributed by atoms with Crippen molar-refractivity contribution in [2.24, 2.45) is 0 Å². The van der Waals surface area contributed by atoms with Crippen molar-refractivity contribution in [2.45, 2.75) is 22.0 Å². The molecule has 0 spiro atoms. The van der Waals surface area contributed by atoms with Crippen molar-refractivity contribution in [3.05, 3.63) is 108 Å². The van der Waals surface area contributed by atoms with Crippen LogP contribution in [0.5, 0.6) is 11.5 Å². The third-order valence-corrected chi connectivity index (χ3v) is 8.34. The molecule has 0 aliphatic carbocycles. The molecule has 1 unspecified atom stereocenters. The molecule has 1 aliphatic heterocycles. The number of aryl methyl sites for hydroxylation is 1. The fourth-order valence-electron chi connectivity index (χ4n) is 3.75. The van der Waals surface area contributed by atoms with Crippen LogP contribution >= 0.6 is 11.8 Å². The molecule has 5 rings (SSSR count). The number of carbonyl (C=O) groups is 1. The van der Waals surface area contributed by atoms with Crippen molar-refractivity contribution in [1.29, 1.82) is 0 Å². The number of nitrogens with one attached hydrogen (secondary N) is 2. The fraction of sp³-hybridized carbons (Fsp3) is 0.107. The lowest BCUT2D eigenvalue weighted by molar-refractivity contribution is -0.115. The molecule has 0 aromatic heterocycles. The molecule has 1 atom stereocenters. The first-order valence-corrected chi connectivity index (χ1v) is 13.9. The third kappa shape index (κ3) is 5.90. The van der Waals surface area contributed by atoms with Gasteiger partial charge >= 0.3 is 0 Å². The lowest BCUT2D eigenvalue weighted by Gasteiger charge is -2.18. The van der Waals surface area contributed by atoms with Crippen LogP contribution in [-0.2, 0) is 14.8 Å². The molecule has 2 N–H and O–H groups in total. The van der Waals surface area contributed by atoms with E-state index in [1.54, 1.807) is 66.7 Å². The molecule has 0 radical (unpaired) electrons. The molecular formula is C28H24N2O5S2. The van der Waals surface area contributed by atoms with Gasteiger partial charge in [-0.3, -0.25) is 9.52 Å². The highest BCUT2D eigenvalue weighted by Crippen LogP contribution is 2.38. The maximum atomic E-state index is 13.4. The van der Waals surface area contributed by atoms with Gasteiger partial charge in [-0.1, -0.05) is 48.0 Å². The first kappa shape index (κ1) is 24.7. The van der Waals surface area contributed by atoms with Crippen LogP contribution in [0.4, 0.5) is 11.4 Å². The van der Waals surface area contributed by atoms with E-state index in [-0.39, 0.29) is 17.6 Å². The summed E-state index contributed by atoms with van der Waals surface area (Å²) in [5.41, 5.74) is 2.87. The Balaban J connectivity index is 1.32. The second kappa shape index (κ2) is 10.6. The Labute approximate surface area is 219 Å². The van der Waals surface area contributed by atoms with Crippen LogP contribution in [0.2, 0.25) is 0 Å². The first-order chi connectivity index (χ1) is 17.9. The molecule has 4 aromatic carbocycles. The first-order valence-electron chi connectivity index (χ1n) is 11.5. The number of hydrogen-bond acceptors (Lipinski definition) is 6. The summed E-state index contributed by atoms with van der Waals surface area (Å²) < 4.78 is 38.8. The largest absolute Gasteiger partial charge is 0.454 e. The number of amides is 1. The van der Waals surface area contributed by atoms with Crippen molar-refractivity contribution < 1.29 is 22.7 Å². The average molecular weight is 533 g/mol.